The van der Waals surface area contributed by atoms with Gasteiger partial charge in [0.05, 0.1) is 0 Å². The topological polar surface area (TPSA) is 66.3 Å². The average molecular weight is 383 g/mol. The zero-order valence-electron chi connectivity index (χ0n) is 16.6. The van der Waals surface area contributed by atoms with Gasteiger partial charge in [-0.05, 0) is 55.2 Å². The summed E-state index contributed by atoms with van der Waals surface area (Å²) in [6, 6.07) is 13.4. The van der Waals surface area contributed by atoms with Crippen molar-refractivity contribution in [2.75, 3.05) is 33.4 Å². The average Bonchev–Trinajstić information content (AvgIpc) is 2.71. The molecular weight excluding hydrogens is 354 g/mol. The van der Waals surface area contributed by atoms with Crippen LogP contribution in [0.4, 0.5) is 0 Å². The SMILES string of the molecule is CCNC(=NCCCc1ccc(O)cc1)N(C)Cc1ccc2c(c1)OCCO2. The summed E-state index contributed by atoms with van der Waals surface area (Å²) in [5, 5.41) is 12.7. The molecule has 150 valence electrons. The molecule has 0 radical (unpaired) electrons. The molecule has 0 bridgehead atoms. The Bertz CT molecular complexity index is 790. The number of nitrogens with zero attached hydrogens (tertiary/aromatic N) is 2. The molecule has 6 nitrogen and oxygen atoms in total. The van der Waals surface area contributed by atoms with Crippen molar-refractivity contribution in [3.05, 3.63) is 53.6 Å². The molecule has 28 heavy (non-hydrogen) atoms. The zero-order chi connectivity index (χ0) is 19.8. The lowest BCUT2D eigenvalue weighted by molar-refractivity contribution is 0.171. The van der Waals surface area contributed by atoms with Crippen molar-refractivity contribution in [2.45, 2.75) is 26.3 Å². The van der Waals surface area contributed by atoms with Gasteiger partial charge in [0.25, 0.3) is 0 Å². The smallest absolute Gasteiger partial charge is 0.193 e. The number of benzene rings is 2. The Kier molecular flexibility index (Phi) is 7.00. The van der Waals surface area contributed by atoms with Gasteiger partial charge >= 0.3 is 0 Å². The van der Waals surface area contributed by atoms with Crippen molar-refractivity contribution in [3.8, 4) is 17.2 Å². The molecule has 0 aliphatic carbocycles. The molecule has 6 heteroatoms. The van der Waals surface area contributed by atoms with Crippen molar-refractivity contribution in [2.24, 2.45) is 4.99 Å². The summed E-state index contributed by atoms with van der Waals surface area (Å²) in [6.45, 7) is 5.58. The monoisotopic (exact) mass is 383 g/mol. The van der Waals surface area contributed by atoms with Crippen LogP contribution in [0, 0.1) is 0 Å². The number of nitrogens with one attached hydrogen (secondary N) is 1. The molecule has 0 unspecified atom stereocenters. The van der Waals surface area contributed by atoms with E-state index in [1.807, 2.05) is 31.3 Å². The molecule has 2 aromatic carbocycles. The van der Waals surface area contributed by atoms with Gasteiger partial charge in [0.2, 0.25) is 0 Å². The molecular formula is C22H29N3O3. The first-order chi connectivity index (χ1) is 13.7. The standard InChI is InChI=1S/C22H29N3O3/c1-3-23-22(24-12-4-5-17-6-9-19(26)10-7-17)25(2)16-18-8-11-20-21(15-18)28-14-13-27-20/h6-11,15,26H,3-5,12-14,16H2,1-2H3,(H,23,24). The van der Waals surface area contributed by atoms with Gasteiger partial charge in [-0.1, -0.05) is 18.2 Å². The van der Waals surface area contributed by atoms with Crippen LogP contribution in [0.2, 0.25) is 0 Å². The highest BCUT2D eigenvalue weighted by Crippen LogP contribution is 2.31. The second-order valence-corrected chi connectivity index (χ2v) is 6.84. The Morgan fingerprint density at radius 3 is 2.54 bits per heavy atom. The van der Waals surface area contributed by atoms with Gasteiger partial charge in [0, 0.05) is 26.7 Å². The minimum absolute atomic E-state index is 0.303. The van der Waals surface area contributed by atoms with E-state index in [4.69, 9.17) is 14.5 Å². The minimum Gasteiger partial charge on any atom is -0.508 e. The Hall–Kier alpha value is -2.89. The number of aliphatic imine (C=N–C) groups is 1. The van der Waals surface area contributed by atoms with E-state index in [9.17, 15) is 5.11 Å². The van der Waals surface area contributed by atoms with E-state index in [-0.39, 0.29) is 0 Å². The highest BCUT2D eigenvalue weighted by atomic mass is 16.6. The molecule has 1 aliphatic rings. The van der Waals surface area contributed by atoms with Gasteiger partial charge in [0.15, 0.2) is 17.5 Å². The molecule has 0 amide bonds. The van der Waals surface area contributed by atoms with Crippen molar-refractivity contribution < 1.29 is 14.6 Å². The van der Waals surface area contributed by atoms with Gasteiger partial charge in [-0.2, -0.15) is 0 Å². The van der Waals surface area contributed by atoms with E-state index < -0.39 is 0 Å². The summed E-state index contributed by atoms with van der Waals surface area (Å²) in [5.74, 6) is 2.82. The van der Waals surface area contributed by atoms with Crippen molar-refractivity contribution >= 4 is 5.96 Å². The summed E-state index contributed by atoms with van der Waals surface area (Å²) in [4.78, 5) is 6.88. The predicted octanol–water partition coefficient (Wildman–Crippen LogP) is 3.19. The highest BCUT2D eigenvalue weighted by molar-refractivity contribution is 5.79. The number of phenolic OH excluding ortho intramolecular Hbond substituents is 1. The van der Waals surface area contributed by atoms with Crippen molar-refractivity contribution in [3.63, 3.8) is 0 Å². The molecule has 0 atom stereocenters. The molecule has 0 saturated heterocycles. The number of hydrogen-bond donors (Lipinski definition) is 2. The van der Waals surface area contributed by atoms with Gasteiger partial charge in [0.1, 0.15) is 19.0 Å². The summed E-state index contributed by atoms with van der Waals surface area (Å²) in [7, 11) is 2.04. The maximum atomic E-state index is 9.36. The number of hydrogen-bond acceptors (Lipinski definition) is 4. The van der Waals surface area contributed by atoms with Crippen LogP contribution in [-0.4, -0.2) is 49.3 Å². The number of rotatable bonds is 7. The summed E-state index contributed by atoms with van der Waals surface area (Å²) >= 11 is 0. The van der Waals surface area contributed by atoms with Crippen LogP contribution in [0.15, 0.2) is 47.5 Å². The molecule has 3 rings (SSSR count). The third-order valence-corrected chi connectivity index (χ3v) is 4.54. The molecule has 0 aromatic heterocycles. The van der Waals surface area contributed by atoms with Gasteiger partial charge in [-0.25, -0.2) is 0 Å². The largest absolute Gasteiger partial charge is 0.508 e. The minimum atomic E-state index is 0.303. The molecule has 2 aromatic rings. The lowest BCUT2D eigenvalue weighted by Crippen LogP contribution is -2.38. The summed E-state index contributed by atoms with van der Waals surface area (Å²) in [5.41, 5.74) is 2.36. The van der Waals surface area contributed by atoms with Crippen LogP contribution in [-0.2, 0) is 13.0 Å². The van der Waals surface area contributed by atoms with E-state index in [0.717, 1.165) is 55.5 Å². The zero-order valence-corrected chi connectivity index (χ0v) is 16.6. The maximum Gasteiger partial charge on any atom is 0.193 e. The number of phenols is 1. The molecule has 0 saturated carbocycles. The molecule has 0 spiro atoms. The van der Waals surface area contributed by atoms with E-state index >= 15 is 0 Å². The van der Waals surface area contributed by atoms with E-state index in [1.165, 1.54) is 5.56 Å². The van der Waals surface area contributed by atoms with Crippen LogP contribution in [0.5, 0.6) is 17.2 Å². The highest BCUT2D eigenvalue weighted by Gasteiger charge is 2.13. The number of aromatic hydroxyl groups is 1. The van der Waals surface area contributed by atoms with Crippen LogP contribution in [0.1, 0.15) is 24.5 Å². The fourth-order valence-corrected chi connectivity index (χ4v) is 3.14. The molecule has 1 heterocycles. The first-order valence-corrected chi connectivity index (χ1v) is 9.81. The Labute approximate surface area is 166 Å². The van der Waals surface area contributed by atoms with E-state index in [0.29, 0.717) is 19.0 Å². The van der Waals surface area contributed by atoms with Crippen LogP contribution in [0.3, 0.4) is 0 Å². The third-order valence-electron chi connectivity index (χ3n) is 4.54. The van der Waals surface area contributed by atoms with Gasteiger partial charge in [-0.3, -0.25) is 4.99 Å². The van der Waals surface area contributed by atoms with Crippen molar-refractivity contribution in [1.82, 2.24) is 10.2 Å². The fraction of sp³-hybridized carbons (Fsp3) is 0.409. The molecule has 0 fully saturated rings. The predicted molar refractivity (Wildman–Crippen MR) is 111 cm³/mol. The quantitative estimate of drug-likeness (QED) is 0.437. The normalized spacial score (nSPS) is 13.3. The lowest BCUT2D eigenvalue weighted by atomic mass is 10.1. The summed E-state index contributed by atoms with van der Waals surface area (Å²) < 4.78 is 11.3. The van der Waals surface area contributed by atoms with Gasteiger partial charge in [-0.15, -0.1) is 0 Å². The van der Waals surface area contributed by atoms with E-state index in [2.05, 4.69) is 23.2 Å². The number of fused-ring (bicyclic) bond motifs is 1. The number of ether oxygens (including phenoxy) is 2. The molecule has 1 aliphatic heterocycles. The Morgan fingerprint density at radius 2 is 1.79 bits per heavy atom. The number of guanidine groups is 1. The molecule has 2 N–H and O–H groups in total. The lowest BCUT2D eigenvalue weighted by Gasteiger charge is -2.24. The number of aryl methyl sites for hydroxylation is 1. The van der Waals surface area contributed by atoms with Crippen LogP contribution in [0.25, 0.3) is 0 Å². The second-order valence-electron chi connectivity index (χ2n) is 6.84. The third kappa shape index (κ3) is 5.55. The second kappa shape index (κ2) is 9.88. The Morgan fingerprint density at radius 1 is 1.07 bits per heavy atom. The van der Waals surface area contributed by atoms with E-state index in [1.54, 1.807) is 12.1 Å². The van der Waals surface area contributed by atoms with Crippen LogP contribution >= 0.6 is 0 Å². The first kappa shape index (κ1) is 19.9. The fourth-order valence-electron chi connectivity index (χ4n) is 3.14. The summed E-state index contributed by atoms with van der Waals surface area (Å²) in [6.07, 6.45) is 1.90. The first-order valence-electron chi connectivity index (χ1n) is 9.81. The van der Waals surface area contributed by atoms with Crippen molar-refractivity contribution in [1.29, 1.82) is 0 Å². The van der Waals surface area contributed by atoms with Crippen LogP contribution < -0.4 is 14.8 Å². The van der Waals surface area contributed by atoms with Gasteiger partial charge < -0.3 is 24.8 Å². The Balaban J connectivity index is 1.55. The maximum absolute atomic E-state index is 9.36.